The van der Waals surface area contributed by atoms with E-state index >= 15 is 0 Å². The monoisotopic (exact) mass is 385 g/mol. The summed E-state index contributed by atoms with van der Waals surface area (Å²) in [6, 6.07) is 9.49. The lowest BCUT2D eigenvalue weighted by atomic mass is 9.97. The molecule has 1 aromatic carbocycles. The van der Waals surface area contributed by atoms with E-state index in [-0.39, 0.29) is 6.61 Å². The number of fused-ring (bicyclic) bond motifs is 1. The SMILES string of the molecule is Cc1oc(-c2cccs2)nc1CCOc1ccc2c(c1)OCC(C(=O)O)C2. The Bertz CT molecular complexity index is 947. The van der Waals surface area contributed by atoms with E-state index in [1.807, 2.05) is 42.6 Å². The highest BCUT2D eigenvalue weighted by molar-refractivity contribution is 7.13. The van der Waals surface area contributed by atoms with Crippen LogP contribution in [-0.2, 0) is 17.6 Å². The van der Waals surface area contributed by atoms with Crippen LogP contribution in [0, 0.1) is 12.8 Å². The first kappa shape index (κ1) is 17.6. The topological polar surface area (TPSA) is 81.8 Å². The maximum absolute atomic E-state index is 11.1. The van der Waals surface area contributed by atoms with Crippen LogP contribution in [0.3, 0.4) is 0 Å². The third-order valence-electron chi connectivity index (χ3n) is 4.53. The summed E-state index contributed by atoms with van der Waals surface area (Å²) in [5.74, 6) is 1.52. The minimum Gasteiger partial charge on any atom is -0.493 e. The van der Waals surface area contributed by atoms with Gasteiger partial charge in [0.1, 0.15) is 23.9 Å². The van der Waals surface area contributed by atoms with E-state index in [0.29, 0.717) is 36.8 Å². The molecule has 0 saturated heterocycles. The lowest BCUT2D eigenvalue weighted by Crippen LogP contribution is -2.27. The van der Waals surface area contributed by atoms with Crippen LogP contribution in [0.5, 0.6) is 11.5 Å². The number of hydrogen-bond acceptors (Lipinski definition) is 6. The molecule has 6 nitrogen and oxygen atoms in total. The lowest BCUT2D eigenvalue weighted by molar-refractivity contribution is -0.143. The van der Waals surface area contributed by atoms with Crippen LogP contribution in [0.4, 0.5) is 0 Å². The zero-order valence-electron chi connectivity index (χ0n) is 14.8. The Kier molecular flexibility index (Phi) is 4.85. The van der Waals surface area contributed by atoms with E-state index < -0.39 is 11.9 Å². The molecule has 0 bridgehead atoms. The first-order chi connectivity index (χ1) is 13.1. The molecule has 3 heterocycles. The van der Waals surface area contributed by atoms with Gasteiger partial charge < -0.3 is 19.0 Å². The fourth-order valence-corrected chi connectivity index (χ4v) is 3.68. The maximum Gasteiger partial charge on any atom is 0.310 e. The van der Waals surface area contributed by atoms with Crippen molar-refractivity contribution >= 4 is 17.3 Å². The Labute approximate surface area is 160 Å². The summed E-state index contributed by atoms with van der Waals surface area (Å²) < 4.78 is 17.2. The first-order valence-corrected chi connectivity index (χ1v) is 9.59. The van der Waals surface area contributed by atoms with Crippen LogP contribution in [0.15, 0.2) is 40.1 Å². The van der Waals surface area contributed by atoms with Gasteiger partial charge in [0.05, 0.1) is 23.1 Å². The average molecular weight is 385 g/mol. The third kappa shape index (κ3) is 3.83. The molecule has 0 spiro atoms. The zero-order valence-corrected chi connectivity index (χ0v) is 15.6. The normalized spacial score (nSPS) is 15.8. The summed E-state index contributed by atoms with van der Waals surface area (Å²) in [5, 5.41) is 11.1. The molecule has 1 N–H and O–H groups in total. The number of carboxylic acid groups (broad SMARTS) is 1. The smallest absolute Gasteiger partial charge is 0.310 e. The zero-order chi connectivity index (χ0) is 18.8. The molecule has 140 valence electrons. The summed E-state index contributed by atoms with van der Waals surface area (Å²) in [6.45, 7) is 2.56. The average Bonchev–Trinajstić information content (AvgIpc) is 3.31. The number of benzene rings is 1. The van der Waals surface area contributed by atoms with Crippen molar-refractivity contribution in [3.8, 4) is 22.3 Å². The second-order valence-corrected chi connectivity index (χ2v) is 7.37. The lowest BCUT2D eigenvalue weighted by Gasteiger charge is -2.23. The number of oxazole rings is 1. The molecule has 0 aliphatic carbocycles. The van der Waals surface area contributed by atoms with E-state index in [0.717, 1.165) is 21.9 Å². The number of nitrogens with zero attached hydrogens (tertiary/aromatic N) is 1. The summed E-state index contributed by atoms with van der Waals surface area (Å²) in [6.07, 6.45) is 1.12. The molecule has 3 aromatic rings. The van der Waals surface area contributed by atoms with Gasteiger partial charge in [0.15, 0.2) is 0 Å². The van der Waals surface area contributed by atoms with Gasteiger partial charge in [0, 0.05) is 12.5 Å². The molecule has 2 aromatic heterocycles. The summed E-state index contributed by atoms with van der Waals surface area (Å²) in [5.41, 5.74) is 1.78. The molecule has 1 unspecified atom stereocenters. The molecule has 0 radical (unpaired) electrons. The Hall–Kier alpha value is -2.80. The number of carboxylic acids is 1. The van der Waals surface area contributed by atoms with E-state index in [1.165, 1.54) is 0 Å². The van der Waals surface area contributed by atoms with Crippen molar-refractivity contribution in [3.63, 3.8) is 0 Å². The molecule has 1 atom stereocenters. The second kappa shape index (κ2) is 7.44. The number of aryl methyl sites for hydroxylation is 1. The summed E-state index contributed by atoms with van der Waals surface area (Å²) in [7, 11) is 0. The van der Waals surface area contributed by atoms with Gasteiger partial charge in [0.25, 0.3) is 0 Å². The highest BCUT2D eigenvalue weighted by atomic mass is 32.1. The standard InChI is InChI=1S/C20H19NO5S/c1-12-16(21-19(26-12)18-3-2-8-27-18)6-7-24-15-5-4-13-9-14(20(22)23)11-25-17(13)10-15/h2-5,8,10,14H,6-7,9,11H2,1H3,(H,22,23). The molecule has 0 saturated carbocycles. The largest absolute Gasteiger partial charge is 0.493 e. The maximum atomic E-state index is 11.1. The van der Waals surface area contributed by atoms with Crippen LogP contribution in [0.2, 0.25) is 0 Å². The van der Waals surface area contributed by atoms with Gasteiger partial charge in [-0.3, -0.25) is 4.79 Å². The Morgan fingerprint density at radius 2 is 2.30 bits per heavy atom. The minimum absolute atomic E-state index is 0.190. The number of aliphatic carboxylic acids is 1. The van der Waals surface area contributed by atoms with Crippen molar-refractivity contribution in [3.05, 3.63) is 52.7 Å². The minimum atomic E-state index is -0.828. The predicted molar refractivity (Wildman–Crippen MR) is 101 cm³/mol. The molecule has 4 rings (SSSR count). The first-order valence-electron chi connectivity index (χ1n) is 8.71. The van der Waals surface area contributed by atoms with Gasteiger partial charge in [-0.15, -0.1) is 11.3 Å². The van der Waals surface area contributed by atoms with Crippen molar-refractivity contribution in [2.45, 2.75) is 19.8 Å². The van der Waals surface area contributed by atoms with Gasteiger partial charge in [-0.1, -0.05) is 12.1 Å². The fraction of sp³-hybridized carbons (Fsp3) is 0.300. The van der Waals surface area contributed by atoms with Crippen LogP contribution >= 0.6 is 11.3 Å². The summed E-state index contributed by atoms with van der Waals surface area (Å²) >= 11 is 1.60. The van der Waals surface area contributed by atoms with Crippen molar-refractivity contribution in [1.29, 1.82) is 0 Å². The molecular formula is C20H19NO5S. The number of rotatable bonds is 6. The van der Waals surface area contributed by atoms with Gasteiger partial charge in [-0.2, -0.15) is 0 Å². The summed E-state index contributed by atoms with van der Waals surface area (Å²) in [4.78, 5) is 16.7. The van der Waals surface area contributed by atoms with Crippen LogP contribution in [-0.4, -0.2) is 29.3 Å². The molecule has 7 heteroatoms. The Morgan fingerprint density at radius 1 is 1.41 bits per heavy atom. The predicted octanol–water partition coefficient (Wildman–Crippen LogP) is 3.97. The number of ether oxygens (including phenoxy) is 2. The van der Waals surface area contributed by atoms with E-state index in [4.69, 9.17) is 19.0 Å². The second-order valence-electron chi connectivity index (χ2n) is 6.42. The molecule has 1 aliphatic rings. The molecule has 1 aliphatic heterocycles. The third-order valence-corrected chi connectivity index (χ3v) is 5.38. The molecule has 0 amide bonds. The van der Waals surface area contributed by atoms with Gasteiger partial charge in [-0.25, -0.2) is 4.98 Å². The number of carbonyl (C=O) groups is 1. The highest BCUT2D eigenvalue weighted by Gasteiger charge is 2.25. The van der Waals surface area contributed by atoms with E-state index in [2.05, 4.69) is 4.98 Å². The Morgan fingerprint density at radius 3 is 3.07 bits per heavy atom. The van der Waals surface area contributed by atoms with E-state index in [1.54, 1.807) is 11.3 Å². The molecule has 0 fully saturated rings. The number of aromatic nitrogens is 1. The van der Waals surface area contributed by atoms with Crippen LogP contribution in [0.25, 0.3) is 10.8 Å². The molecule has 27 heavy (non-hydrogen) atoms. The van der Waals surface area contributed by atoms with Crippen molar-refractivity contribution < 1.29 is 23.8 Å². The van der Waals surface area contributed by atoms with Gasteiger partial charge in [0.2, 0.25) is 5.89 Å². The number of thiophene rings is 1. The van der Waals surface area contributed by atoms with Crippen LogP contribution in [0.1, 0.15) is 17.0 Å². The Balaban J connectivity index is 1.37. The van der Waals surface area contributed by atoms with Gasteiger partial charge in [-0.05, 0) is 36.4 Å². The molecular weight excluding hydrogens is 366 g/mol. The van der Waals surface area contributed by atoms with Crippen molar-refractivity contribution in [2.24, 2.45) is 5.92 Å². The van der Waals surface area contributed by atoms with Crippen molar-refractivity contribution in [2.75, 3.05) is 13.2 Å². The van der Waals surface area contributed by atoms with Crippen LogP contribution < -0.4 is 9.47 Å². The van der Waals surface area contributed by atoms with Gasteiger partial charge >= 0.3 is 5.97 Å². The van der Waals surface area contributed by atoms with Crippen molar-refractivity contribution in [1.82, 2.24) is 4.98 Å². The van der Waals surface area contributed by atoms with E-state index in [9.17, 15) is 4.79 Å². The quantitative estimate of drug-likeness (QED) is 0.691. The fourth-order valence-electron chi connectivity index (χ4n) is 3.03. The highest BCUT2D eigenvalue weighted by Crippen LogP contribution is 2.31. The number of hydrogen-bond donors (Lipinski definition) is 1.